The molecule has 0 spiro atoms. The molecule has 2 aromatic carbocycles. The molecule has 2 heterocycles. The summed E-state index contributed by atoms with van der Waals surface area (Å²) in [6.07, 6.45) is 0. The number of hydrogen-bond acceptors (Lipinski definition) is 3. The zero-order chi connectivity index (χ0) is 21.6. The van der Waals surface area contributed by atoms with Crippen LogP contribution in [0.4, 0.5) is 13.2 Å². The number of benzene rings is 2. The van der Waals surface area contributed by atoms with E-state index in [1.54, 1.807) is 29.7 Å². The zero-order valence-electron chi connectivity index (χ0n) is 15.8. The van der Waals surface area contributed by atoms with E-state index in [-0.39, 0.29) is 28.8 Å². The van der Waals surface area contributed by atoms with Crippen LogP contribution in [0.5, 0.6) is 0 Å². The van der Waals surface area contributed by atoms with Gasteiger partial charge in [-0.1, -0.05) is 17.7 Å². The molecule has 156 valence electrons. The van der Waals surface area contributed by atoms with Gasteiger partial charge in [0.2, 0.25) is 0 Å². The summed E-state index contributed by atoms with van der Waals surface area (Å²) in [6, 6.07) is 6.47. The summed E-state index contributed by atoms with van der Waals surface area (Å²) < 4.78 is 42.8. The first-order valence-electron chi connectivity index (χ1n) is 9.02. The van der Waals surface area contributed by atoms with Gasteiger partial charge in [0.05, 0.1) is 15.7 Å². The van der Waals surface area contributed by atoms with Gasteiger partial charge in [-0.05, 0) is 30.7 Å². The number of carboxylic acids is 1. The standard InChI is InChI=1S/C21H16ClF3N2O2S/c1-10-18(14-3-2-13(22)5-16(14)27(10)9-17(28)29)21-26-19-15(8-25)11(6-23)4-12(7-24)20(19)30-21/h2-5H,6-9H2,1H3,(H,28,29). The van der Waals surface area contributed by atoms with Crippen molar-refractivity contribution in [1.29, 1.82) is 0 Å². The molecule has 1 N–H and O–H groups in total. The number of fused-ring (bicyclic) bond motifs is 2. The molecule has 2 aromatic heterocycles. The summed E-state index contributed by atoms with van der Waals surface area (Å²) in [5.41, 5.74) is 2.64. The number of carboxylic acid groups (broad SMARTS) is 1. The average Bonchev–Trinajstić information content (AvgIpc) is 3.26. The van der Waals surface area contributed by atoms with Crippen molar-refractivity contribution >= 4 is 50.0 Å². The van der Waals surface area contributed by atoms with Crippen LogP contribution in [0.25, 0.3) is 31.7 Å². The highest BCUT2D eigenvalue weighted by Gasteiger charge is 2.23. The average molecular weight is 453 g/mol. The van der Waals surface area contributed by atoms with E-state index >= 15 is 0 Å². The maximum Gasteiger partial charge on any atom is 0.323 e. The Morgan fingerprint density at radius 2 is 1.90 bits per heavy atom. The van der Waals surface area contributed by atoms with Gasteiger partial charge < -0.3 is 9.67 Å². The predicted molar refractivity (Wildman–Crippen MR) is 112 cm³/mol. The van der Waals surface area contributed by atoms with Crippen molar-refractivity contribution in [2.24, 2.45) is 0 Å². The largest absolute Gasteiger partial charge is 0.480 e. The lowest BCUT2D eigenvalue weighted by Crippen LogP contribution is -2.09. The van der Waals surface area contributed by atoms with Crippen LogP contribution in [0.2, 0.25) is 5.02 Å². The van der Waals surface area contributed by atoms with Crippen LogP contribution < -0.4 is 0 Å². The van der Waals surface area contributed by atoms with E-state index < -0.39 is 26.0 Å². The van der Waals surface area contributed by atoms with E-state index in [1.165, 1.54) is 17.4 Å². The van der Waals surface area contributed by atoms with Crippen molar-refractivity contribution in [3.8, 4) is 10.6 Å². The Kier molecular flexibility index (Phi) is 5.46. The lowest BCUT2D eigenvalue weighted by molar-refractivity contribution is -0.137. The Balaban J connectivity index is 2.06. The molecule has 9 heteroatoms. The minimum Gasteiger partial charge on any atom is -0.480 e. The number of aromatic nitrogens is 2. The second kappa shape index (κ2) is 7.92. The molecule has 0 bridgehead atoms. The van der Waals surface area contributed by atoms with Crippen LogP contribution in [0.15, 0.2) is 24.3 Å². The number of hydrogen-bond donors (Lipinski definition) is 1. The van der Waals surface area contributed by atoms with Gasteiger partial charge >= 0.3 is 5.97 Å². The van der Waals surface area contributed by atoms with Crippen molar-refractivity contribution in [1.82, 2.24) is 9.55 Å². The second-order valence-corrected chi connectivity index (χ2v) is 8.31. The lowest BCUT2D eigenvalue weighted by atomic mass is 10.0. The lowest BCUT2D eigenvalue weighted by Gasteiger charge is -2.06. The molecule has 4 rings (SSSR count). The Labute approximate surface area is 178 Å². The number of thiazole rings is 1. The summed E-state index contributed by atoms with van der Waals surface area (Å²) in [7, 11) is 0. The van der Waals surface area contributed by atoms with E-state index in [4.69, 9.17) is 11.6 Å². The van der Waals surface area contributed by atoms with Crippen LogP contribution in [0.1, 0.15) is 22.4 Å². The van der Waals surface area contributed by atoms with Gasteiger partial charge in [0, 0.05) is 32.8 Å². The molecule has 4 nitrogen and oxygen atoms in total. The molecule has 0 unspecified atom stereocenters. The van der Waals surface area contributed by atoms with Crippen molar-refractivity contribution in [2.75, 3.05) is 0 Å². The molecule has 30 heavy (non-hydrogen) atoms. The van der Waals surface area contributed by atoms with Crippen molar-refractivity contribution in [2.45, 2.75) is 33.5 Å². The molecule has 4 aromatic rings. The maximum absolute atomic E-state index is 13.7. The Morgan fingerprint density at radius 3 is 2.53 bits per heavy atom. The highest BCUT2D eigenvalue weighted by Crippen LogP contribution is 2.42. The predicted octanol–water partition coefficient (Wildman–Crippen LogP) is 6.37. The van der Waals surface area contributed by atoms with Gasteiger partial charge in [0.25, 0.3) is 0 Å². The first-order valence-corrected chi connectivity index (χ1v) is 10.2. The van der Waals surface area contributed by atoms with E-state index in [0.29, 0.717) is 31.5 Å². The van der Waals surface area contributed by atoms with Crippen LogP contribution in [0, 0.1) is 6.92 Å². The third kappa shape index (κ3) is 3.24. The van der Waals surface area contributed by atoms with Crippen molar-refractivity contribution in [3.05, 3.63) is 51.7 Å². The first kappa shape index (κ1) is 20.7. The van der Waals surface area contributed by atoms with Crippen molar-refractivity contribution in [3.63, 3.8) is 0 Å². The van der Waals surface area contributed by atoms with Crippen LogP contribution in [-0.4, -0.2) is 20.6 Å². The molecule has 0 radical (unpaired) electrons. The molecular weight excluding hydrogens is 437 g/mol. The van der Waals surface area contributed by atoms with Gasteiger partial charge in [-0.25, -0.2) is 18.2 Å². The molecule has 0 aliphatic heterocycles. The maximum atomic E-state index is 13.7. The van der Waals surface area contributed by atoms with E-state index in [2.05, 4.69) is 4.98 Å². The molecule has 0 aliphatic carbocycles. The minimum absolute atomic E-state index is 0.0892. The van der Waals surface area contributed by atoms with Gasteiger partial charge in [0.15, 0.2) is 0 Å². The van der Waals surface area contributed by atoms with E-state index in [9.17, 15) is 23.1 Å². The summed E-state index contributed by atoms with van der Waals surface area (Å²) in [6.45, 7) is -1.17. The molecule has 0 amide bonds. The molecule has 0 aliphatic rings. The summed E-state index contributed by atoms with van der Waals surface area (Å²) >= 11 is 7.30. The molecule has 0 fully saturated rings. The molecule has 0 saturated heterocycles. The fourth-order valence-electron chi connectivity index (χ4n) is 3.79. The van der Waals surface area contributed by atoms with Gasteiger partial charge in [-0.3, -0.25) is 4.79 Å². The summed E-state index contributed by atoms with van der Waals surface area (Å²) in [5.74, 6) is -1.02. The van der Waals surface area contributed by atoms with Crippen LogP contribution >= 0.6 is 22.9 Å². The number of carbonyl (C=O) groups is 1. The third-order valence-corrected chi connectivity index (χ3v) is 6.54. The van der Waals surface area contributed by atoms with E-state index in [1.807, 2.05) is 0 Å². The Bertz CT molecular complexity index is 1300. The highest BCUT2D eigenvalue weighted by molar-refractivity contribution is 7.22. The quantitative estimate of drug-likeness (QED) is 0.369. The number of halogens is 4. The smallest absolute Gasteiger partial charge is 0.323 e. The topological polar surface area (TPSA) is 55.1 Å². The van der Waals surface area contributed by atoms with Crippen LogP contribution in [-0.2, 0) is 31.4 Å². The van der Waals surface area contributed by atoms with Gasteiger partial charge in [-0.15, -0.1) is 11.3 Å². The van der Waals surface area contributed by atoms with Gasteiger partial charge in [0.1, 0.15) is 31.6 Å². The Morgan fingerprint density at radius 1 is 1.17 bits per heavy atom. The monoisotopic (exact) mass is 452 g/mol. The molecular formula is C21H16ClF3N2O2S. The fourth-order valence-corrected chi connectivity index (χ4v) is 5.16. The number of alkyl halides is 3. The number of aliphatic carboxylic acids is 1. The SMILES string of the molecule is Cc1c(-c2nc3c(CF)c(CF)cc(CF)c3s2)c2ccc(Cl)cc2n1CC(=O)O. The highest BCUT2D eigenvalue weighted by atomic mass is 35.5. The molecule has 0 saturated carbocycles. The zero-order valence-corrected chi connectivity index (χ0v) is 17.4. The second-order valence-electron chi connectivity index (χ2n) is 6.87. The Hall–Kier alpha value is -2.58. The first-order chi connectivity index (χ1) is 14.4. The van der Waals surface area contributed by atoms with Crippen LogP contribution in [0.3, 0.4) is 0 Å². The van der Waals surface area contributed by atoms with Crippen molar-refractivity contribution < 1.29 is 23.1 Å². The normalized spacial score (nSPS) is 11.6. The minimum atomic E-state index is -1.02. The molecule has 0 atom stereocenters. The number of rotatable bonds is 6. The van der Waals surface area contributed by atoms with E-state index in [0.717, 1.165) is 5.39 Å². The summed E-state index contributed by atoms with van der Waals surface area (Å²) in [4.78, 5) is 15.9. The number of nitrogens with zero attached hydrogens (tertiary/aromatic N) is 2. The fraction of sp³-hybridized carbons (Fsp3) is 0.238. The third-order valence-electron chi connectivity index (χ3n) is 5.16. The van der Waals surface area contributed by atoms with Gasteiger partial charge in [-0.2, -0.15) is 0 Å². The summed E-state index contributed by atoms with van der Waals surface area (Å²) in [5, 5.41) is 11.0.